The van der Waals surface area contributed by atoms with Gasteiger partial charge in [0.2, 0.25) is 5.91 Å². The summed E-state index contributed by atoms with van der Waals surface area (Å²) in [4.78, 5) is 22.3. The highest BCUT2D eigenvalue weighted by Gasteiger charge is 2.07. The van der Waals surface area contributed by atoms with Crippen molar-refractivity contribution in [1.29, 1.82) is 0 Å². The lowest BCUT2D eigenvalue weighted by Crippen LogP contribution is -2.14. The minimum atomic E-state index is -0.725. The normalized spacial score (nSPS) is 10.5. The van der Waals surface area contributed by atoms with Crippen LogP contribution in [0.15, 0.2) is 48.5 Å². The Hall–Kier alpha value is -3.19. The van der Waals surface area contributed by atoms with Crippen LogP contribution in [-0.4, -0.2) is 17.0 Å². The summed E-state index contributed by atoms with van der Waals surface area (Å²) < 4.78 is 18.9. The Bertz CT molecular complexity index is 790. The Morgan fingerprint density at radius 3 is 2.67 bits per heavy atom. The predicted molar refractivity (Wildman–Crippen MR) is 86.2 cm³/mol. The molecule has 0 bridgehead atoms. The first-order valence-corrected chi connectivity index (χ1v) is 6.95. The minimum absolute atomic E-state index is 0.253. The van der Waals surface area contributed by atoms with E-state index < -0.39 is 11.7 Å². The lowest BCUT2D eigenvalue weighted by molar-refractivity contribution is -0.124. The monoisotopic (exact) mass is 330 g/mol. The number of carbonyl (C=O) groups excluding carboxylic acids is 2. The van der Waals surface area contributed by atoms with Crippen LogP contribution in [0.25, 0.3) is 6.08 Å². The average Bonchev–Trinajstić information content (AvgIpc) is 2.54. The molecule has 0 heterocycles. The molecule has 0 aliphatic carbocycles. The van der Waals surface area contributed by atoms with E-state index in [1.807, 2.05) is 0 Å². The van der Waals surface area contributed by atoms with E-state index in [0.717, 1.165) is 6.08 Å². The van der Waals surface area contributed by atoms with Crippen molar-refractivity contribution in [2.45, 2.75) is 6.92 Å². The summed E-state index contributed by atoms with van der Waals surface area (Å²) in [6.07, 6.45) is 2.48. The molecule has 0 saturated heterocycles. The molecule has 0 aromatic heterocycles. The van der Waals surface area contributed by atoms with Crippen LogP contribution in [0.3, 0.4) is 0 Å². The summed E-state index contributed by atoms with van der Waals surface area (Å²) in [5.41, 5.74) is 2.42. The predicted octanol–water partition coefficient (Wildman–Crippen LogP) is 3.10. The van der Waals surface area contributed by atoms with Crippen molar-refractivity contribution in [1.82, 2.24) is 5.48 Å². The SMILES string of the molecule is CC(=O)Nc1ccc(Oc2cccc(F)c2)c(/C=C/C(=O)NO)c1. The van der Waals surface area contributed by atoms with Crippen molar-refractivity contribution < 1.29 is 23.9 Å². The summed E-state index contributed by atoms with van der Waals surface area (Å²) in [5, 5.41) is 11.1. The van der Waals surface area contributed by atoms with Gasteiger partial charge in [-0.2, -0.15) is 0 Å². The van der Waals surface area contributed by atoms with Crippen LogP contribution < -0.4 is 15.5 Å². The second-order valence-electron chi connectivity index (χ2n) is 4.80. The molecular weight excluding hydrogens is 315 g/mol. The summed E-state index contributed by atoms with van der Waals surface area (Å²) in [6, 6.07) is 10.4. The molecule has 0 fully saturated rings. The number of hydrogen-bond donors (Lipinski definition) is 3. The summed E-state index contributed by atoms with van der Waals surface area (Å²) in [7, 11) is 0. The lowest BCUT2D eigenvalue weighted by Gasteiger charge is -2.11. The van der Waals surface area contributed by atoms with E-state index in [0.29, 0.717) is 17.0 Å². The van der Waals surface area contributed by atoms with E-state index in [1.54, 1.807) is 24.3 Å². The summed E-state index contributed by atoms with van der Waals surface area (Å²) in [5.74, 6) is -0.798. The zero-order chi connectivity index (χ0) is 17.5. The largest absolute Gasteiger partial charge is 0.457 e. The maximum Gasteiger partial charge on any atom is 0.267 e. The van der Waals surface area contributed by atoms with Gasteiger partial charge in [-0.15, -0.1) is 0 Å². The molecule has 0 radical (unpaired) electrons. The van der Waals surface area contributed by atoms with E-state index in [-0.39, 0.29) is 11.7 Å². The van der Waals surface area contributed by atoms with Crippen molar-refractivity contribution in [2.24, 2.45) is 0 Å². The van der Waals surface area contributed by atoms with E-state index in [4.69, 9.17) is 9.94 Å². The number of amides is 2. The van der Waals surface area contributed by atoms with Crippen molar-refractivity contribution >= 4 is 23.6 Å². The molecule has 3 N–H and O–H groups in total. The second kappa shape index (κ2) is 7.89. The third kappa shape index (κ3) is 4.92. The molecular formula is C17H15FN2O4. The maximum absolute atomic E-state index is 13.3. The third-order valence-electron chi connectivity index (χ3n) is 2.88. The first-order valence-electron chi connectivity index (χ1n) is 6.95. The van der Waals surface area contributed by atoms with Gasteiger partial charge in [0.15, 0.2) is 0 Å². The van der Waals surface area contributed by atoms with Crippen LogP contribution in [0.4, 0.5) is 10.1 Å². The maximum atomic E-state index is 13.3. The van der Waals surface area contributed by atoms with Gasteiger partial charge >= 0.3 is 0 Å². The fraction of sp³-hybridized carbons (Fsp3) is 0.0588. The van der Waals surface area contributed by atoms with Gasteiger partial charge in [-0.3, -0.25) is 14.8 Å². The van der Waals surface area contributed by atoms with E-state index in [1.165, 1.54) is 36.7 Å². The molecule has 2 rings (SSSR count). The second-order valence-corrected chi connectivity index (χ2v) is 4.80. The number of benzene rings is 2. The highest BCUT2D eigenvalue weighted by Crippen LogP contribution is 2.29. The average molecular weight is 330 g/mol. The molecule has 124 valence electrons. The number of hydroxylamine groups is 1. The first kappa shape index (κ1) is 17.2. The van der Waals surface area contributed by atoms with Gasteiger partial charge in [0.25, 0.3) is 5.91 Å². The Morgan fingerprint density at radius 1 is 1.21 bits per heavy atom. The topological polar surface area (TPSA) is 87.7 Å². The fourth-order valence-electron chi connectivity index (χ4n) is 1.91. The third-order valence-corrected chi connectivity index (χ3v) is 2.88. The van der Waals surface area contributed by atoms with Crippen LogP contribution in [0.2, 0.25) is 0 Å². The molecule has 24 heavy (non-hydrogen) atoms. The standard InChI is InChI=1S/C17H15FN2O4/c1-11(21)19-14-6-7-16(12(9-14)5-8-17(22)20-23)24-15-4-2-3-13(18)10-15/h2-10,23H,1H3,(H,19,21)(H,20,22)/b8-5+. The first-order chi connectivity index (χ1) is 11.5. The van der Waals surface area contributed by atoms with E-state index in [9.17, 15) is 14.0 Å². The van der Waals surface area contributed by atoms with Crippen LogP contribution in [-0.2, 0) is 9.59 Å². The van der Waals surface area contributed by atoms with Crippen LogP contribution in [0.5, 0.6) is 11.5 Å². The molecule has 0 atom stereocenters. The van der Waals surface area contributed by atoms with Gasteiger partial charge in [0.05, 0.1) is 0 Å². The molecule has 0 unspecified atom stereocenters. The molecule has 2 aromatic carbocycles. The molecule has 0 aliphatic rings. The van der Waals surface area contributed by atoms with Gasteiger partial charge in [0.1, 0.15) is 17.3 Å². The number of nitrogens with one attached hydrogen (secondary N) is 2. The molecule has 0 saturated carbocycles. The molecule has 0 spiro atoms. The van der Waals surface area contributed by atoms with Crippen LogP contribution >= 0.6 is 0 Å². The minimum Gasteiger partial charge on any atom is -0.457 e. The number of rotatable bonds is 5. The van der Waals surface area contributed by atoms with Gasteiger partial charge in [-0.05, 0) is 36.4 Å². The molecule has 2 amide bonds. The zero-order valence-electron chi connectivity index (χ0n) is 12.7. The number of carbonyl (C=O) groups is 2. The Morgan fingerprint density at radius 2 is 2.00 bits per heavy atom. The van der Waals surface area contributed by atoms with Crippen LogP contribution in [0, 0.1) is 5.82 Å². The Kier molecular flexibility index (Phi) is 5.64. The van der Waals surface area contributed by atoms with Gasteiger partial charge in [-0.25, -0.2) is 9.87 Å². The van der Waals surface area contributed by atoms with Gasteiger partial charge in [0, 0.05) is 30.3 Å². The summed E-state index contributed by atoms with van der Waals surface area (Å²) >= 11 is 0. The van der Waals surface area contributed by atoms with Crippen molar-refractivity contribution in [3.05, 3.63) is 59.9 Å². The van der Waals surface area contributed by atoms with Crippen molar-refractivity contribution in [2.75, 3.05) is 5.32 Å². The number of hydrogen-bond acceptors (Lipinski definition) is 4. The number of ether oxygens (including phenoxy) is 1. The van der Waals surface area contributed by atoms with Crippen LogP contribution in [0.1, 0.15) is 12.5 Å². The van der Waals surface area contributed by atoms with E-state index in [2.05, 4.69) is 5.32 Å². The van der Waals surface area contributed by atoms with E-state index >= 15 is 0 Å². The van der Waals surface area contributed by atoms with Crippen molar-refractivity contribution in [3.63, 3.8) is 0 Å². The lowest BCUT2D eigenvalue weighted by atomic mass is 10.1. The molecule has 2 aromatic rings. The van der Waals surface area contributed by atoms with Gasteiger partial charge < -0.3 is 10.1 Å². The molecule has 0 aliphatic heterocycles. The Labute approximate surface area is 137 Å². The summed E-state index contributed by atoms with van der Waals surface area (Å²) in [6.45, 7) is 1.37. The van der Waals surface area contributed by atoms with Crippen molar-refractivity contribution in [3.8, 4) is 11.5 Å². The smallest absolute Gasteiger partial charge is 0.267 e. The fourth-order valence-corrected chi connectivity index (χ4v) is 1.91. The quantitative estimate of drug-likeness (QED) is 0.446. The number of anilines is 1. The highest BCUT2D eigenvalue weighted by molar-refractivity contribution is 5.92. The number of halogens is 1. The highest BCUT2D eigenvalue weighted by atomic mass is 19.1. The molecule has 7 heteroatoms. The van der Waals surface area contributed by atoms with Gasteiger partial charge in [-0.1, -0.05) is 6.07 Å². The molecule has 6 nitrogen and oxygen atoms in total. The zero-order valence-corrected chi connectivity index (χ0v) is 12.7. The Balaban J connectivity index is 2.35.